The number of hydrogen-bond acceptors (Lipinski definition) is 4. The molecule has 1 N–H and O–H groups in total. The van der Waals surface area contributed by atoms with Crippen LogP contribution in [0.1, 0.15) is 18.4 Å². The third-order valence-corrected chi connectivity index (χ3v) is 2.82. The number of anilines is 1. The predicted octanol–water partition coefficient (Wildman–Crippen LogP) is 2.57. The molecule has 0 aliphatic carbocycles. The summed E-state index contributed by atoms with van der Waals surface area (Å²) in [7, 11) is 0. The van der Waals surface area contributed by atoms with Crippen LogP contribution >= 0.6 is 0 Å². The first-order chi connectivity index (χ1) is 9.89. The van der Waals surface area contributed by atoms with E-state index in [9.17, 15) is 18.0 Å². The van der Waals surface area contributed by atoms with E-state index in [0.29, 0.717) is 13.0 Å². The monoisotopic (exact) mass is 300 g/mol. The van der Waals surface area contributed by atoms with Gasteiger partial charge in [0.1, 0.15) is 17.9 Å². The first-order valence-electron chi connectivity index (χ1n) is 6.11. The second-order valence-corrected chi connectivity index (χ2v) is 4.36. The molecule has 1 saturated heterocycles. The van der Waals surface area contributed by atoms with Gasteiger partial charge in [0.05, 0.1) is 5.56 Å². The summed E-state index contributed by atoms with van der Waals surface area (Å²) >= 11 is 0. The fourth-order valence-corrected chi connectivity index (χ4v) is 1.92. The van der Waals surface area contributed by atoms with Crippen molar-refractivity contribution in [2.24, 2.45) is 0 Å². The van der Waals surface area contributed by atoms with Crippen molar-refractivity contribution < 1.29 is 27.4 Å². The van der Waals surface area contributed by atoms with E-state index in [1.165, 1.54) is 6.07 Å². The maximum atomic E-state index is 12.2. The van der Waals surface area contributed by atoms with Gasteiger partial charge in [-0.15, -0.1) is 13.2 Å². The van der Waals surface area contributed by atoms with Gasteiger partial charge >= 0.3 is 6.36 Å². The molecule has 1 atom stereocenters. The molecule has 1 aliphatic heterocycles. The third-order valence-electron chi connectivity index (χ3n) is 2.82. The van der Waals surface area contributed by atoms with Gasteiger partial charge in [-0.1, -0.05) is 0 Å². The zero-order valence-electron chi connectivity index (χ0n) is 10.7. The Morgan fingerprint density at radius 3 is 2.81 bits per heavy atom. The molecule has 0 bridgehead atoms. The summed E-state index contributed by atoms with van der Waals surface area (Å²) in [5.74, 6) is -0.999. The number of amides is 1. The average Bonchev–Trinajstić information content (AvgIpc) is 2.93. The smallest absolute Gasteiger partial charge is 0.404 e. The fourth-order valence-electron chi connectivity index (χ4n) is 1.92. The summed E-state index contributed by atoms with van der Waals surface area (Å²) < 4.78 is 45.4. The van der Waals surface area contributed by atoms with Crippen molar-refractivity contribution in [3.63, 3.8) is 0 Å². The Bertz CT molecular complexity index is 575. The summed E-state index contributed by atoms with van der Waals surface area (Å²) in [6, 6.07) is 4.93. The first-order valence-corrected chi connectivity index (χ1v) is 6.11. The van der Waals surface area contributed by atoms with Crippen molar-refractivity contribution in [2.75, 3.05) is 11.9 Å². The van der Waals surface area contributed by atoms with Crippen LogP contribution < -0.4 is 10.1 Å². The fraction of sp³-hybridized carbons (Fsp3) is 0.385. The number of carbonyl (C=O) groups excluding carboxylic acids is 1. The van der Waals surface area contributed by atoms with Crippen molar-refractivity contribution >= 4 is 11.6 Å². The maximum absolute atomic E-state index is 12.2. The Hall–Kier alpha value is -2.27. The minimum atomic E-state index is -4.88. The standard InChI is InChI=1S/C13H11F3N2O3/c14-13(15,16)21-10-4-3-9(6-8(10)7-17)18-12(19)11-2-1-5-20-11/h3-4,6,11H,1-2,5H2,(H,18,19). The van der Waals surface area contributed by atoms with Crippen LogP contribution in [0.5, 0.6) is 5.75 Å². The van der Waals surface area contributed by atoms with Gasteiger partial charge in [-0.3, -0.25) is 4.79 Å². The topological polar surface area (TPSA) is 71.4 Å². The largest absolute Gasteiger partial charge is 0.573 e. The molecular weight excluding hydrogens is 289 g/mol. The summed E-state index contributed by atoms with van der Waals surface area (Å²) in [4.78, 5) is 11.8. The summed E-state index contributed by atoms with van der Waals surface area (Å²) in [6.07, 6.45) is -4.08. The van der Waals surface area contributed by atoms with Crippen LogP contribution in [-0.4, -0.2) is 25.0 Å². The molecule has 21 heavy (non-hydrogen) atoms. The molecule has 8 heteroatoms. The lowest BCUT2D eigenvalue weighted by molar-refractivity contribution is -0.274. The van der Waals surface area contributed by atoms with Crippen LogP contribution in [0, 0.1) is 11.3 Å². The van der Waals surface area contributed by atoms with E-state index < -0.39 is 18.2 Å². The van der Waals surface area contributed by atoms with Gasteiger partial charge in [-0.2, -0.15) is 5.26 Å². The lowest BCUT2D eigenvalue weighted by atomic mass is 10.1. The number of carbonyl (C=O) groups is 1. The summed E-state index contributed by atoms with van der Waals surface area (Å²) in [6.45, 7) is 0.500. The van der Waals surface area contributed by atoms with Gasteiger partial charge in [0, 0.05) is 12.3 Å². The zero-order chi connectivity index (χ0) is 15.5. The number of nitriles is 1. The number of nitrogens with zero attached hydrogens (tertiary/aromatic N) is 1. The predicted molar refractivity (Wildman–Crippen MR) is 65.4 cm³/mol. The van der Waals surface area contributed by atoms with Crippen molar-refractivity contribution in [3.8, 4) is 11.8 Å². The number of ether oxygens (including phenoxy) is 2. The van der Waals surface area contributed by atoms with Crippen LogP contribution in [0.4, 0.5) is 18.9 Å². The van der Waals surface area contributed by atoms with E-state index in [4.69, 9.17) is 10.00 Å². The van der Waals surface area contributed by atoms with E-state index in [0.717, 1.165) is 18.6 Å². The molecule has 1 aliphatic rings. The number of alkyl halides is 3. The quantitative estimate of drug-likeness (QED) is 0.931. The molecule has 1 aromatic carbocycles. The lowest BCUT2D eigenvalue weighted by Crippen LogP contribution is -2.26. The average molecular weight is 300 g/mol. The SMILES string of the molecule is N#Cc1cc(NC(=O)C2CCCO2)ccc1OC(F)(F)F. The number of rotatable bonds is 3. The molecule has 1 fully saturated rings. The van der Waals surface area contributed by atoms with E-state index in [1.54, 1.807) is 6.07 Å². The van der Waals surface area contributed by atoms with Crippen LogP contribution in [0.3, 0.4) is 0 Å². The van der Waals surface area contributed by atoms with E-state index in [-0.39, 0.29) is 17.2 Å². The number of benzene rings is 1. The van der Waals surface area contributed by atoms with Crippen molar-refractivity contribution in [1.29, 1.82) is 5.26 Å². The van der Waals surface area contributed by atoms with E-state index in [2.05, 4.69) is 10.1 Å². The highest BCUT2D eigenvalue weighted by molar-refractivity contribution is 5.94. The normalized spacial score (nSPS) is 18.1. The highest BCUT2D eigenvalue weighted by Gasteiger charge is 2.32. The number of halogens is 3. The van der Waals surface area contributed by atoms with E-state index >= 15 is 0 Å². The first kappa shape index (κ1) is 15.1. The second kappa shape index (κ2) is 6.01. The minimum Gasteiger partial charge on any atom is -0.404 e. The van der Waals surface area contributed by atoms with Crippen LogP contribution in [0.25, 0.3) is 0 Å². The van der Waals surface area contributed by atoms with Gasteiger partial charge < -0.3 is 14.8 Å². The number of nitrogens with one attached hydrogen (secondary N) is 1. The third kappa shape index (κ3) is 4.10. The molecule has 5 nitrogen and oxygen atoms in total. The Morgan fingerprint density at radius 1 is 1.48 bits per heavy atom. The zero-order valence-corrected chi connectivity index (χ0v) is 10.7. The number of hydrogen-bond donors (Lipinski definition) is 1. The van der Waals surface area contributed by atoms with Gasteiger partial charge in [-0.25, -0.2) is 0 Å². The highest BCUT2D eigenvalue weighted by atomic mass is 19.4. The van der Waals surface area contributed by atoms with Crippen LogP contribution in [-0.2, 0) is 9.53 Å². The Labute approximate surface area is 118 Å². The second-order valence-electron chi connectivity index (χ2n) is 4.36. The van der Waals surface area contributed by atoms with Gasteiger partial charge in [0.15, 0.2) is 0 Å². The highest BCUT2D eigenvalue weighted by Crippen LogP contribution is 2.28. The Balaban J connectivity index is 2.11. The van der Waals surface area contributed by atoms with Crippen molar-refractivity contribution in [1.82, 2.24) is 0 Å². The van der Waals surface area contributed by atoms with Crippen molar-refractivity contribution in [3.05, 3.63) is 23.8 Å². The van der Waals surface area contributed by atoms with Crippen LogP contribution in [0.2, 0.25) is 0 Å². The molecule has 2 rings (SSSR count). The summed E-state index contributed by atoms with van der Waals surface area (Å²) in [5.41, 5.74) is -0.112. The van der Waals surface area contributed by atoms with Gasteiger partial charge in [0.25, 0.3) is 5.91 Å². The van der Waals surface area contributed by atoms with Gasteiger partial charge in [0.2, 0.25) is 0 Å². The molecule has 0 aromatic heterocycles. The minimum absolute atomic E-state index is 0.210. The molecule has 0 spiro atoms. The molecule has 1 aromatic rings. The summed E-state index contributed by atoms with van der Waals surface area (Å²) in [5, 5.41) is 11.3. The van der Waals surface area contributed by atoms with Crippen molar-refractivity contribution in [2.45, 2.75) is 25.3 Å². The molecule has 1 amide bonds. The van der Waals surface area contributed by atoms with Crippen LogP contribution in [0.15, 0.2) is 18.2 Å². The maximum Gasteiger partial charge on any atom is 0.573 e. The molecule has 0 radical (unpaired) electrons. The molecule has 1 unspecified atom stereocenters. The Kier molecular flexibility index (Phi) is 4.33. The Morgan fingerprint density at radius 2 is 2.24 bits per heavy atom. The molecule has 1 heterocycles. The molecule has 0 saturated carbocycles. The van der Waals surface area contributed by atoms with E-state index in [1.807, 2.05) is 0 Å². The molecule has 112 valence electrons. The molecular formula is C13H11F3N2O3. The van der Waals surface area contributed by atoms with Gasteiger partial charge in [-0.05, 0) is 31.0 Å². The lowest BCUT2D eigenvalue weighted by Gasteiger charge is -2.13.